The largest absolute Gasteiger partial charge is 0.289 e. The van der Waals surface area contributed by atoms with Gasteiger partial charge in [-0.3, -0.25) is 4.79 Å². The summed E-state index contributed by atoms with van der Waals surface area (Å²) in [5, 5.41) is 2.11. The van der Waals surface area contributed by atoms with Gasteiger partial charge in [0.05, 0.1) is 0 Å². The molecule has 20 heavy (non-hydrogen) atoms. The van der Waals surface area contributed by atoms with Gasteiger partial charge >= 0.3 is 0 Å². The molecule has 0 bridgehead atoms. The van der Waals surface area contributed by atoms with Gasteiger partial charge < -0.3 is 0 Å². The highest BCUT2D eigenvalue weighted by Gasteiger charge is 2.14. The van der Waals surface area contributed by atoms with Crippen molar-refractivity contribution < 1.29 is 4.79 Å². The van der Waals surface area contributed by atoms with Crippen LogP contribution in [0, 0.1) is 6.92 Å². The van der Waals surface area contributed by atoms with Gasteiger partial charge in [0, 0.05) is 15.6 Å². The van der Waals surface area contributed by atoms with Crippen LogP contribution in [0.4, 0.5) is 0 Å². The lowest BCUT2D eigenvalue weighted by molar-refractivity contribution is 0.103. The molecule has 3 rings (SSSR count). The number of hydrogen-bond acceptors (Lipinski definition) is 1. The minimum Gasteiger partial charge on any atom is -0.289 e. The number of aryl methyl sites for hydroxylation is 1. The Morgan fingerprint density at radius 1 is 0.900 bits per heavy atom. The van der Waals surface area contributed by atoms with E-state index in [1.54, 1.807) is 0 Å². The number of hydrogen-bond donors (Lipinski definition) is 0. The summed E-state index contributed by atoms with van der Waals surface area (Å²) in [6.45, 7) is 1.98. The van der Waals surface area contributed by atoms with E-state index in [9.17, 15) is 4.79 Å². The molecule has 0 unspecified atom stereocenters. The Hall–Kier alpha value is -1.93. The highest BCUT2D eigenvalue weighted by Crippen LogP contribution is 2.25. The van der Waals surface area contributed by atoms with E-state index in [2.05, 4.69) is 22.0 Å². The Balaban J connectivity index is 2.21. The lowest BCUT2D eigenvalue weighted by atomic mass is 9.93. The Labute approximate surface area is 126 Å². The Morgan fingerprint density at radius 2 is 1.60 bits per heavy atom. The number of ketones is 1. The molecule has 0 saturated heterocycles. The van der Waals surface area contributed by atoms with Crippen LogP contribution >= 0.6 is 15.9 Å². The summed E-state index contributed by atoms with van der Waals surface area (Å²) in [7, 11) is 0. The van der Waals surface area contributed by atoms with Gasteiger partial charge in [-0.15, -0.1) is 0 Å². The lowest BCUT2D eigenvalue weighted by Gasteiger charge is -2.09. The van der Waals surface area contributed by atoms with Crippen LogP contribution in [0.25, 0.3) is 10.8 Å². The second-order valence-corrected chi connectivity index (χ2v) is 5.73. The first-order valence-corrected chi connectivity index (χ1v) is 7.25. The zero-order valence-electron chi connectivity index (χ0n) is 11.1. The van der Waals surface area contributed by atoms with Crippen molar-refractivity contribution in [3.05, 3.63) is 81.8 Å². The van der Waals surface area contributed by atoms with Crippen LogP contribution in [0.2, 0.25) is 0 Å². The number of rotatable bonds is 2. The van der Waals surface area contributed by atoms with Crippen molar-refractivity contribution in [3.63, 3.8) is 0 Å². The third kappa shape index (κ3) is 2.27. The fourth-order valence-corrected chi connectivity index (χ4v) is 2.69. The number of benzene rings is 3. The molecule has 0 aliphatic carbocycles. The van der Waals surface area contributed by atoms with Gasteiger partial charge in [-0.1, -0.05) is 52.3 Å². The quantitative estimate of drug-likeness (QED) is 0.596. The zero-order chi connectivity index (χ0) is 14.1. The molecule has 0 amide bonds. The highest BCUT2D eigenvalue weighted by atomic mass is 79.9. The first-order chi connectivity index (χ1) is 9.66. The fourth-order valence-electron chi connectivity index (χ4n) is 2.43. The second kappa shape index (κ2) is 5.22. The van der Waals surface area contributed by atoms with E-state index in [0.29, 0.717) is 5.56 Å². The van der Waals surface area contributed by atoms with E-state index in [-0.39, 0.29) is 5.78 Å². The topological polar surface area (TPSA) is 17.1 Å². The van der Waals surface area contributed by atoms with E-state index in [4.69, 9.17) is 0 Å². The molecule has 2 heteroatoms. The average molecular weight is 325 g/mol. The smallest absolute Gasteiger partial charge is 0.193 e. The molecule has 3 aromatic rings. The second-order valence-electron chi connectivity index (χ2n) is 4.81. The van der Waals surface area contributed by atoms with Gasteiger partial charge in [-0.25, -0.2) is 0 Å². The summed E-state index contributed by atoms with van der Waals surface area (Å²) >= 11 is 3.39. The van der Waals surface area contributed by atoms with Crippen molar-refractivity contribution >= 4 is 32.5 Å². The number of halogens is 1. The summed E-state index contributed by atoms with van der Waals surface area (Å²) in [4.78, 5) is 12.8. The molecule has 3 aromatic carbocycles. The van der Waals surface area contributed by atoms with Crippen molar-refractivity contribution in [1.29, 1.82) is 0 Å². The maximum absolute atomic E-state index is 12.8. The van der Waals surface area contributed by atoms with Crippen LogP contribution in [-0.4, -0.2) is 5.78 Å². The molecule has 0 aliphatic rings. The summed E-state index contributed by atoms with van der Waals surface area (Å²) in [6, 6.07) is 19.6. The summed E-state index contributed by atoms with van der Waals surface area (Å²) in [5.74, 6) is 0.0757. The highest BCUT2D eigenvalue weighted by molar-refractivity contribution is 9.10. The van der Waals surface area contributed by atoms with Crippen LogP contribution in [0.3, 0.4) is 0 Å². The average Bonchev–Trinajstić information content (AvgIpc) is 2.47. The van der Waals surface area contributed by atoms with E-state index in [0.717, 1.165) is 26.4 Å². The number of carbonyl (C=O) groups is 1. The molecule has 0 saturated carbocycles. The third-order valence-electron chi connectivity index (χ3n) is 3.47. The minimum atomic E-state index is 0.0757. The van der Waals surface area contributed by atoms with Crippen molar-refractivity contribution in [2.75, 3.05) is 0 Å². The molecular formula is C18H13BrO. The molecule has 0 atom stereocenters. The molecule has 0 radical (unpaired) electrons. The summed E-state index contributed by atoms with van der Waals surface area (Å²) in [5.41, 5.74) is 2.52. The molecule has 0 spiro atoms. The fraction of sp³-hybridized carbons (Fsp3) is 0.0556. The molecule has 0 heterocycles. The van der Waals surface area contributed by atoms with Gasteiger partial charge in [0.1, 0.15) is 0 Å². The minimum absolute atomic E-state index is 0.0757. The van der Waals surface area contributed by atoms with Crippen molar-refractivity contribution in [2.45, 2.75) is 6.92 Å². The number of fused-ring (bicyclic) bond motifs is 1. The lowest BCUT2D eigenvalue weighted by Crippen LogP contribution is -2.04. The van der Waals surface area contributed by atoms with Gasteiger partial charge in [-0.2, -0.15) is 0 Å². The molecule has 0 aliphatic heterocycles. The van der Waals surface area contributed by atoms with E-state index >= 15 is 0 Å². The Bertz CT molecular complexity index is 788. The van der Waals surface area contributed by atoms with Crippen LogP contribution in [0.15, 0.2) is 65.1 Å². The van der Waals surface area contributed by atoms with E-state index < -0.39 is 0 Å². The normalized spacial score (nSPS) is 10.7. The SMILES string of the molecule is Cc1ccc2ccccc2c1C(=O)c1ccc(Br)cc1. The Kier molecular flexibility index (Phi) is 3.41. The van der Waals surface area contributed by atoms with E-state index in [1.807, 2.05) is 61.5 Å². The van der Waals surface area contributed by atoms with Crippen molar-refractivity contribution in [2.24, 2.45) is 0 Å². The number of carbonyl (C=O) groups excluding carboxylic acids is 1. The Morgan fingerprint density at radius 3 is 2.35 bits per heavy atom. The van der Waals surface area contributed by atoms with Gasteiger partial charge in [-0.05, 0) is 47.5 Å². The first kappa shape index (κ1) is 13.1. The van der Waals surface area contributed by atoms with Crippen molar-refractivity contribution in [3.8, 4) is 0 Å². The molecule has 0 aromatic heterocycles. The molecular weight excluding hydrogens is 312 g/mol. The summed E-state index contributed by atoms with van der Waals surface area (Å²) < 4.78 is 0.976. The summed E-state index contributed by atoms with van der Waals surface area (Å²) in [6.07, 6.45) is 0. The standard InChI is InChI=1S/C18H13BrO/c1-12-6-7-13-4-2-3-5-16(13)17(12)18(20)14-8-10-15(19)11-9-14/h2-11H,1H3. The zero-order valence-corrected chi connectivity index (χ0v) is 12.6. The van der Waals surface area contributed by atoms with Crippen LogP contribution in [0.1, 0.15) is 21.5 Å². The predicted octanol–water partition coefficient (Wildman–Crippen LogP) is 5.14. The molecule has 0 fully saturated rings. The van der Waals surface area contributed by atoms with Crippen LogP contribution in [-0.2, 0) is 0 Å². The van der Waals surface area contributed by atoms with Gasteiger partial charge in [0.15, 0.2) is 5.78 Å². The molecule has 98 valence electrons. The van der Waals surface area contributed by atoms with Crippen molar-refractivity contribution in [1.82, 2.24) is 0 Å². The first-order valence-electron chi connectivity index (χ1n) is 6.45. The maximum atomic E-state index is 12.8. The third-order valence-corrected chi connectivity index (χ3v) is 4.00. The van der Waals surface area contributed by atoms with Crippen LogP contribution < -0.4 is 0 Å². The van der Waals surface area contributed by atoms with Gasteiger partial charge in [0.25, 0.3) is 0 Å². The van der Waals surface area contributed by atoms with Crippen LogP contribution in [0.5, 0.6) is 0 Å². The maximum Gasteiger partial charge on any atom is 0.193 e. The van der Waals surface area contributed by atoms with Gasteiger partial charge in [0.2, 0.25) is 0 Å². The molecule has 0 N–H and O–H groups in total. The molecule has 1 nitrogen and oxygen atoms in total. The monoisotopic (exact) mass is 324 g/mol. The van der Waals surface area contributed by atoms with E-state index in [1.165, 1.54) is 0 Å². The predicted molar refractivity (Wildman–Crippen MR) is 86.3 cm³/mol.